The van der Waals surface area contributed by atoms with E-state index in [1.54, 1.807) is 12.1 Å². The van der Waals surface area contributed by atoms with E-state index in [0.29, 0.717) is 17.8 Å². The third-order valence-corrected chi connectivity index (χ3v) is 3.23. The number of carboxylic acids is 1. The Labute approximate surface area is 119 Å². The van der Waals surface area contributed by atoms with Crippen molar-refractivity contribution in [2.24, 2.45) is 0 Å². The Kier molecular flexibility index (Phi) is 3.23. The van der Waals surface area contributed by atoms with Crippen LogP contribution in [-0.4, -0.2) is 21.0 Å². The minimum Gasteiger partial charge on any atom is -0.478 e. The zero-order valence-electron chi connectivity index (χ0n) is 11.0. The van der Waals surface area contributed by atoms with Crippen molar-refractivity contribution in [2.45, 2.75) is 6.42 Å². The van der Waals surface area contributed by atoms with Gasteiger partial charge >= 0.3 is 5.97 Å². The fraction of sp³-hybridized carbons (Fsp3) is 0.0625. The predicted molar refractivity (Wildman–Crippen MR) is 78.6 cm³/mol. The quantitative estimate of drug-likeness (QED) is 0.770. The first-order chi connectivity index (χ1) is 10.1. The van der Waals surface area contributed by atoms with E-state index >= 15 is 0 Å². The van der Waals surface area contributed by atoms with Gasteiger partial charge in [-0.1, -0.05) is 36.4 Å². The number of H-pyrrole nitrogens is 1. The lowest BCUT2D eigenvalue weighted by Gasteiger charge is -2.05. The van der Waals surface area contributed by atoms with Gasteiger partial charge < -0.3 is 10.1 Å². The monoisotopic (exact) mass is 280 g/mol. The molecule has 0 fully saturated rings. The largest absolute Gasteiger partial charge is 0.478 e. The van der Waals surface area contributed by atoms with E-state index in [4.69, 9.17) is 5.11 Å². The van der Waals surface area contributed by atoms with E-state index in [2.05, 4.69) is 9.97 Å². The molecule has 0 bridgehead atoms. The Balaban J connectivity index is 2.12. The van der Waals surface area contributed by atoms with Gasteiger partial charge in [0.2, 0.25) is 0 Å². The Morgan fingerprint density at radius 3 is 2.57 bits per heavy atom. The molecule has 0 saturated carbocycles. The molecule has 21 heavy (non-hydrogen) atoms. The van der Waals surface area contributed by atoms with E-state index in [0.717, 1.165) is 5.56 Å². The van der Waals surface area contributed by atoms with E-state index in [9.17, 15) is 9.59 Å². The number of fused-ring (bicyclic) bond motifs is 1. The van der Waals surface area contributed by atoms with Gasteiger partial charge in [-0.2, -0.15) is 0 Å². The number of aromatic amines is 1. The molecule has 0 radical (unpaired) electrons. The summed E-state index contributed by atoms with van der Waals surface area (Å²) >= 11 is 0. The summed E-state index contributed by atoms with van der Waals surface area (Å²) in [6.07, 6.45) is 0.489. The molecule has 0 aliphatic carbocycles. The highest BCUT2D eigenvalue weighted by atomic mass is 16.4. The van der Waals surface area contributed by atoms with Crippen molar-refractivity contribution in [3.8, 4) is 0 Å². The number of aromatic carboxylic acids is 1. The molecule has 5 heteroatoms. The molecule has 0 aliphatic heterocycles. The standard InChI is InChI=1S/C16H12N2O3/c19-15-14-11(16(20)21)7-4-8-12(14)17-13(18-15)9-10-5-2-1-3-6-10/h1-8H,9H2,(H,20,21)(H,17,18,19). The van der Waals surface area contributed by atoms with E-state index in [1.807, 2.05) is 30.3 Å². The second-order valence-corrected chi connectivity index (χ2v) is 4.68. The summed E-state index contributed by atoms with van der Waals surface area (Å²) in [5.41, 5.74) is 0.954. The van der Waals surface area contributed by atoms with Gasteiger partial charge in [-0.3, -0.25) is 4.79 Å². The van der Waals surface area contributed by atoms with Gasteiger partial charge in [0.1, 0.15) is 5.82 Å². The number of nitrogens with zero attached hydrogens (tertiary/aromatic N) is 1. The SMILES string of the molecule is O=C(O)c1cccc2nc(Cc3ccccc3)[nH]c(=O)c12. The minimum atomic E-state index is -1.14. The fourth-order valence-electron chi connectivity index (χ4n) is 2.29. The molecule has 104 valence electrons. The molecule has 2 aromatic carbocycles. The molecule has 3 rings (SSSR count). The van der Waals surface area contributed by atoms with Crippen molar-refractivity contribution in [2.75, 3.05) is 0 Å². The molecule has 1 heterocycles. The molecule has 0 saturated heterocycles. The van der Waals surface area contributed by atoms with Gasteiger partial charge in [-0.15, -0.1) is 0 Å². The Morgan fingerprint density at radius 1 is 1.10 bits per heavy atom. The van der Waals surface area contributed by atoms with Crippen molar-refractivity contribution in [1.29, 1.82) is 0 Å². The van der Waals surface area contributed by atoms with Gasteiger partial charge in [-0.05, 0) is 17.7 Å². The van der Waals surface area contributed by atoms with Crippen LogP contribution in [0.15, 0.2) is 53.3 Å². The van der Waals surface area contributed by atoms with Crippen molar-refractivity contribution in [3.05, 3.63) is 75.8 Å². The van der Waals surface area contributed by atoms with Gasteiger partial charge in [0.05, 0.1) is 16.5 Å². The Hall–Kier alpha value is -2.95. The van der Waals surface area contributed by atoms with Crippen LogP contribution in [0.1, 0.15) is 21.7 Å². The number of hydrogen-bond donors (Lipinski definition) is 2. The summed E-state index contributed by atoms with van der Waals surface area (Å²) in [7, 11) is 0. The lowest BCUT2D eigenvalue weighted by Crippen LogP contribution is -2.15. The van der Waals surface area contributed by atoms with E-state index < -0.39 is 11.5 Å². The molecule has 2 N–H and O–H groups in total. The zero-order valence-corrected chi connectivity index (χ0v) is 11.0. The molecule has 0 amide bonds. The van der Waals surface area contributed by atoms with Crippen LogP contribution >= 0.6 is 0 Å². The highest BCUT2D eigenvalue weighted by Gasteiger charge is 2.13. The zero-order chi connectivity index (χ0) is 14.8. The third kappa shape index (κ3) is 2.53. The van der Waals surface area contributed by atoms with Gasteiger partial charge in [-0.25, -0.2) is 9.78 Å². The maximum atomic E-state index is 12.2. The van der Waals surface area contributed by atoms with E-state index in [-0.39, 0.29) is 10.9 Å². The minimum absolute atomic E-state index is 0.0347. The molecule has 5 nitrogen and oxygen atoms in total. The lowest BCUT2D eigenvalue weighted by atomic mass is 10.1. The van der Waals surface area contributed by atoms with Crippen LogP contribution in [0.3, 0.4) is 0 Å². The average molecular weight is 280 g/mol. The normalized spacial score (nSPS) is 10.7. The molecular weight excluding hydrogens is 268 g/mol. The first-order valence-electron chi connectivity index (χ1n) is 6.44. The van der Waals surface area contributed by atoms with Crippen molar-refractivity contribution >= 4 is 16.9 Å². The summed E-state index contributed by atoms with van der Waals surface area (Å²) in [5.74, 6) is -0.620. The van der Waals surface area contributed by atoms with Crippen LogP contribution in [0, 0.1) is 0 Å². The van der Waals surface area contributed by atoms with Crippen LogP contribution in [0.25, 0.3) is 10.9 Å². The molecule has 0 spiro atoms. The second kappa shape index (κ2) is 5.20. The summed E-state index contributed by atoms with van der Waals surface area (Å²) in [6.45, 7) is 0. The average Bonchev–Trinajstić information content (AvgIpc) is 2.47. The topological polar surface area (TPSA) is 83.0 Å². The van der Waals surface area contributed by atoms with Crippen LogP contribution in [0.4, 0.5) is 0 Å². The van der Waals surface area contributed by atoms with E-state index in [1.165, 1.54) is 6.07 Å². The number of benzene rings is 2. The molecule has 0 unspecified atom stereocenters. The van der Waals surface area contributed by atoms with Crippen molar-refractivity contribution in [1.82, 2.24) is 9.97 Å². The van der Waals surface area contributed by atoms with Gasteiger partial charge in [0.15, 0.2) is 0 Å². The first-order valence-corrected chi connectivity index (χ1v) is 6.44. The predicted octanol–water partition coefficient (Wildman–Crippen LogP) is 2.21. The van der Waals surface area contributed by atoms with Crippen molar-refractivity contribution in [3.63, 3.8) is 0 Å². The Bertz CT molecular complexity index is 870. The number of aromatic nitrogens is 2. The van der Waals surface area contributed by atoms with Crippen LogP contribution < -0.4 is 5.56 Å². The van der Waals surface area contributed by atoms with Crippen LogP contribution in [0.5, 0.6) is 0 Å². The highest BCUT2D eigenvalue weighted by molar-refractivity contribution is 6.02. The van der Waals surface area contributed by atoms with Crippen molar-refractivity contribution < 1.29 is 9.90 Å². The second-order valence-electron chi connectivity index (χ2n) is 4.68. The fourth-order valence-corrected chi connectivity index (χ4v) is 2.29. The summed E-state index contributed by atoms with van der Waals surface area (Å²) in [4.78, 5) is 30.3. The number of carboxylic acid groups (broad SMARTS) is 1. The molecule has 0 aliphatic rings. The lowest BCUT2D eigenvalue weighted by molar-refractivity contribution is 0.0699. The maximum absolute atomic E-state index is 12.2. The number of nitrogens with one attached hydrogen (secondary N) is 1. The smallest absolute Gasteiger partial charge is 0.336 e. The van der Waals surface area contributed by atoms with Gasteiger partial charge in [0.25, 0.3) is 5.56 Å². The molecular formula is C16H12N2O3. The first kappa shape index (κ1) is 13.1. The van der Waals surface area contributed by atoms with Crippen LogP contribution in [-0.2, 0) is 6.42 Å². The maximum Gasteiger partial charge on any atom is 0.336 e. The summed E-state index contributed by atoms with van der Waals surface area (Å²) in [6, 6.07) is 14.3. The molecule has 0 atom stereocenters. The summed E-state index contributed by atoms with van der Waals surface area (Å²) < 4.78 is 0. The number of carbonyl (C=O) groups is 1. The highest BCUT2D eigenvalue weighted by Crippen LogP contribution is 2.14. The number of rotatable bonds is 3. The molecule has 3 aromatic rings. The Morgan fingerprint density at radius 2 is 1.86 bits per heavy atom. The molecule has 1 aromatic heterocycles. The third-order valence-electron chi connectivity index (χ3n) is 3.23. The number of hydrogen-bond acceptors (Lipinski definition) is 3. The van der Waals surface area contributed by atoms with Gasteiger partial charge in [0, 0.05) is 6.42 Å². The van der Waals surface area contributed by atoms with Crippen LogP contribution in [0.2, 0.25) is 0 Å². The summed E-state index contributed by atoms with van der Waals surface area (Å²) in [5, 5.41) is 9.24.